The molecule has 182 valence electrons. The average molecular weight is 478 g/mol. The van der Waals surface area contributed by atoms with Gasteiger partial charge in [-0.25, -0.2) is 4.79 Å². The zero-order valence-electron chi connectivity index (χ0n) is 20.7. The molecule has 0 aliphatic heterocycles. The van der Waals surface area contributed by atoms with Crippen molar-refractivity contribution in [2.75, 3.05) is 7.11 Å². The number of hydrogen-bond acceptors (Lipinski definition) is 3. The fourth-order valence-electron chi connectivity index (χ4n) is 4.76. The first-order valence-corrected chi connectivity index (χ1v) is 12.1. The Labute approximate surface area is 213 Å². The second-order valence-corrected chi connectivity index (χ2v) is 9.01. The molecule has 0 spiro atoms. The average Bonchev–Trinajstić information content (AvgIpc) is 2.93. The Bertz CT molecular complexity index is 1170. The number of rotatable bonds is 9. The molecule has 0 saturated heterocycles. The van der Waals surface area contributed by atoms with E-state index in [4.69, 9.17) is 4.74 Å². The summed E-state index contributed by atoms with van der Waals surface area (Å²) in [5.41, 5.74) is 4.37. The predicted molar refractivity (Wildman–Crippen MR) is 143 cm³/mol. The first kappa shape index (κ1) is 24.9. The minimum Gasteiger partial charge on any atom is -0.467 e. The van der Waals surface area contributed by atoms with E-state index >= 15 is 0 Å². The molecule has 1 N–H and O–H groups in total. The topological polar surface area (TPSA) is 55.4 Å². The molecule has 0 saturated carbocycles. The van der Waals surface area contributed by atoms with E-state index in [2.05, 4.69) is 41.7 Å². The van der Waals surface area contributed by atoms with Crippen LogP contribution in [-0.2, 0) is 26.2 Å². The van der Waals surface area contributed by atoms with Gasteiger partial charge in [-0.05, 0) is 29.2 Å². The van der Waals surface area contributed by atoms with Crippen molar-refractivity contribution >= 4 is 11.9 Å². The lowest BCUT2D eigenvalue weighted by atomic mass is 9.67. The van der Waals surface area contributed by atoms with Crippen LogP contribution in [0.15, 0.2) is 115 Å². The number of benzene rings is 4. The quantitative estimate of drug-likeness (QED) is 0.251. The zero-order chi connectivity index (χ0) is 25.4. The number of methoxy groups -OCH3 is 1. The molecule has 0 aromatic heterocycles. The first-order valence-electron chi connectivity index (χ1n) is 12.1. The lowest BCUT2D eigenvalue weighted by Crippen LogP contribution is -2.46. The summed E-state index contributed by atoms with van der Waals surface area (Å²) in [5, 5.41) is 2.98. The number of ether oxygens (including phenoxy) is 1. The number of hydrogen-bond donors (Lipinski definition) is 1. The van der Waals surface area contributed by atoms with Gasteiger partial charge < -0.3 is 10.1 Å². The van der Waals surface area contributed by atoms with E-state index in [1.54, 1.807) is 0 Å². The van der Waals surface area contributed by atoms with E-state index in [-0.39, 0.29) is 12.3 Å². The minimum absolute atomic E-state index is 0.131. The van der Waals surface area contributed by atoms with Gasteiger partial charge in [0, 0.05) is 12.8 Å². The van der Waals surface area contributed by atoms with Crippen LogP contribution in [0.2, 0.25) is 0 Å². The highest BCUT2D eigenvalue weighted by Gasteiger charge is 2.39. The Balaban J connectivity index is 1.73. The highest BCUT2D eigenvalue weighted by molar-refractivity contribution is 5.86. The van der Waals surface area contributed by atoms with Crippen LogP contribution in [0.5, 0.6) is 0 Å². The summed E-state index contributed by atoms with van der Waals surface area (Å²) in [6.45, 7) is 2.01. The second kappa shape index (κ2) is 11.5. The molecule has 0 bridgehead atoms. The summed E-state index contributed by atoms with van der Waals surface area (Å²) >= 11 is 0. The standard InChI is InChI=1S/C32H31NO3/c1-24-18-20-25(21-19-24)22-29(31(35)36-2)33-30(34)23-32(26-12-6-3-7-13-26,27-14-8-4-9-15-27)28-16-10-5-11-17-28/h3-21,29H,22-23H2,1-2H3,(H,33,34)/t29-/m0/s1. The molecule has 0 radical (unpaired) electrons. The molecule has 4 nitrogen and oxygen atoms in total. The Morgan fingerprint density at radius 2 is 1.17 bits per heavy atom. The molecule has 4 heteroatoms. The lowest BCUT2D eigenvalue weighted by Gasteiger charge is -2.36. The molecule has 1 atom stereocenters. The maximum Gasteiger partial charge on any atom is 0.328 e. The Morgan fingerprint density at radius 3 is 1.58 bits per heavy atom. The number of amides is 1. The molecule has 36 heavy (non-hydrogen) atoms. The van der Waals surface area contributed by atoms with Crippen molar-refractivity contribution in [2.24, 2.45) is 0 Å². The van der Waals surface area contributed by atoms with Crippen LogP contribution >= 0.6 is 0 Å². The maximum absolute atomic E-state index is 13.7. The Hall–Kier alpha value is -4.18. The van der Waals surface area contributed by atoms with Crippen LogP contribution in [0, 0.1) is 6.92 Å². The number of esters is 1. The van der Waals surface area contributed by atoms with Gasteiger partial charge in [-0.15, -0.1) is 0 Å². The van der Waals surface area contributed by atoms with E-state index in [0.29, 0.717) is 6.42 Å². The van der Waals surface area contributed by atoms with Crippen LogP contribution in [0.1, 0.15) is 34.2 Å². The van der Waals surface area contributed by atoms with Crippen molar-refractivity contribution in [1.29, 1.82) is 0 Å². The maximum atomic E-state index is 13.7. The Kier molecular flexibility index (Phi) is 7.96. The lowest BCUT2D eigenvalue weighted by molar-refractivity contribution is -0.145. The van der Waals surface area contributed by atoms with Gasteiger partial charge in [-0.3, -0.25) is 4.79 Å². The predicted octanol–water partition coefficient (Wildman–Crippen LogP) is 5.62. The molecule has 0 fully saturated rings. The number of aryl methyl sites for hydroxylation is 1. The van der Waals surface area contributed by atoms with Crippen molar-refractivity contribution in [3.8, 4) is 0 Å². The molecule has 0 aliphatic carbocycles. The number of nitrogens with one attached hydrogen (secondary N) is 1. The molecule has 4 rings (SSSR count). The van der Waals surface area contributed by atoms with Gasteiger partial charge in [0.05, 0.1) is 12.5 Å². The molecule has 4 aromatic rings. The SMILES string of the molecule is COC(=O)[C@H](Cc1ccc(C)cc1)NC(=O)CC(c1ccccc1)(c1ccccc1)c1ccccc1. The second-order valence-electron chi connectivity index (χ2n) is 9.01. The van der Waals surface area contributed by atoms with Crippen LogP contribution in [-0.4, -0.2) is 25.0 Å². The number of carbonyl (C=O) groups excluding carboxylic acids is 2. The van der Waals surface area contributed by atoms with Crippen molar-refractivity contribution in [3.63, 3.8) is 0 Å². The van der Waals surface area contributed by atoms with Gasteiger partial charge in [0.25, 0.3) is 0 Å². The zero-order valence-corrected chi connectivity index (χ0v) is 20.7. The van der Waals surface area contributed by atoms with Crippen molar-refractivity contribution in [1.82, 2.24) is 5.32 Å². The Morgan fingerprint density at radius 1 is 0.722 bits per heavy atom. The molecule has 1 amide bonds. The summed E-state index contributed by atoms with van der Waals surface area (Å²) in [6.07, 6.45) is 0.486. The highest BCUT2D eigenvalue weighted by Crippen LogP contribution is 2.42. The van der Waals surface area contributed by atoms with Crippen LogP contribution in [0.4, 0.5) is 0 Å². The van der Waals surface area contributed by atoms with E-state index < -0.39 is 17.4 Å². The summed E-state index contributed by atoms with van der Waals surface area (Å²) in [4.78, 5) is 26.4. The van der Waals surface area contributed by atoms with E-state index in [1.807, 2.05) is 85.8 Å². The summed E-state index contributed by atoms with van der Waals surface area (Å²) in [7, 11) is 1.35. The van der Waals surface area contributed by atoms with Crippen LogP contribution in [0.25, 0.3) is 0 Å². The molecule has 0 heterocycles. The molecular formula is C32H31NO3. The van der Waals surface area contributed by atoms with Crippen molar-refractivity contribution < 1.29 is 14.3 Å². The van der Waals surface area contributed by atoms with Gasteiger partial charge in [0.15, 0.2) is 0 Å². The third-order valence-electron chi connectivity index (χ3n) is 6.61. The third kappa shape index (κ3) is 5.55. The van der Waals surface area contributed by atoms with Gasteiger partial charge in [-0.2, -0.15) is 0 Å². The summed E-state index contributed by atoms with van der Waals surface area (Å²) in [6, 6.07) is 37.3. The molecule has 0 aliphatic rings. The molecular weight excluding hydrogens is 446 g/mol. The van der Waals surface area contributed by atoms with Gasteiger partial charge in [0.1, 0.15) is 6.04 Å². The van der Waals surface area contributed by atoms with Crippen molar-refractivity contribution in [3.05, 3.63) is 143 Å². The van der Waals surface area contributed by atoms with Crippen LogP contribution < -0.4 is 5.32 Å². The van der Waals surface area contributed by atoms with E-state index in [9.17, 15) is 9.59 Å². The molecule has 0 unspecified atom stereocenters. The normalized spacial score (nSPS) is 11.9. The van der Waals surface area contributed by atoms with E-state index in [0.717, 1.165) is 27.8 Å². The summed E-state index contributed by atoms with van der Waals surface area (Å²) < 4.78 is 5.04. The molecule has 4 aromatic carbocycles. The van der Waals surface area contributed by atoms with Gasteiger partial charge in [-0.1, -0.05) is 121 Å². The third-order valence-corrected chi connectivity index (χ3v) is 6.61. The monoisotopic (exact) mass is 477 g/mol. The van der Waals surface area contributed by atoms with Crippen LogP contribution in [0.3, 0.4) is 0 Å². The smallest absolute Gasteiger partial charge is 0.328 e. The van der Waals surface area contributed by atoms with Gasteiger partial charge in [0.2, 0.25) is 5.91 Å². The first-order chi connectivity index (χ1) is 17.5. The fourth-order valence-corrected chi connectivity index (χ4v) is 4.76. The minimum atomic E-state index is -0.787. The van der Waals surface area contributed by atoms with Crippen molar-refractivity contribution in [2.45, 2.75) is 31.2 Å². The van der Waals surface area contributed by atoms with E-state index in [1.165, 1.54) is 7.11 Å². The van der Waals surface area contributed by atoms with Gasteiger partial charge >= 0.3 is 5.97 Å². The largest absolute Gasteiger partial charge is 0.467 e. The fraction of sp³-hybridized carbons (Fsp3) is 0.188. The number of carbonyl (C=O) groups is 2. The summed E-state index contributed by atoms with van der Waals surface area (Å²) in [5.74, 6) is -0.692. The highest BCUT2D eigenvalue weighted by atomic mass is 16.5.